The number of carbonyl (C=O) groups is 2. The van der Waals surface area contributed by atoms with Gasteiger partial charge in [0, 0.05) is 85.4 Å². The molecule has 0 fully saturated rings. The molecule has 6 rings (SSSR count). The largest absolute Gasteiger partial charge is 0.497 e. The summed E-state index contributed by atoms with van der Waals surface area (Å²) in [7, 11) is 3.32. The number of methoxy groups -OCH3 is 2. The number of carbonyl (C=O) groups excluding carboxylic acids is 2. The van der Waals surface area contributed by atoms with E-state index in [0.29, 0.717) is 32.6 Å². The van der Waals surface area contributed by atoms with Crippen LogP contribution in [0, 0.1) is 0 Å². The maximum absolute atomic E-state index is 13.6. The van der Waals surface area contributed by atoms with Crippen molar-refractivity contribution in [2.45, 2.75) is 39.3 Å². The highest BCUT2D eigenvalue weighted by Crippen LogP contribution is 2.33. The number of amides is 2. The van der Waals surface area contributed by atoms with Crippen LogP contribution in [0.4, 0.5) is 0 Å². The van der Waals surface area contributed by atoms with Crippen molar-refractivity contribution >= 4 is 39.2 Å². The quantitative estimate of drug-likeness (QED) is 0.184. The van der Waals surface area contributed by atoms with Crippen molar-refractivity contribution in [1.82, 2.24) is 24.9 Å². The van der Waals surface area contributed by atoms with Gasteiger partial charge in [0.05, 0.1) is 20.3 Å². The zero-order valence-electron chi connectivity index (χ0n) is 26.9. The summed E-state index contributed by atoms with van der Waals surface area (Å²) in [5.41, 5.74) is 6.51. The number of ether oxygens (including phenoxy) is 2. The highest BCUT2D eigenvalue weighted by atomic mass is 16.5. The number of H-pyrrole nitrogens is 2. The van der Waals surface area contributed by atoms with Crippen LogP contribution < -0.4 is 9.47 Å². The van der Waals surface area contributed by atoms with E-state index in [2.05, 4.69) is 45.4 Å². The lowest BCUT2D eigenvalue weighted by Gasteiger charge is -2.43. The minimum absolute atomic E-state index is 0.0562. The zero-order chi connectivity index (χ0) is 32.2. The third kappa shape index (κ3) is 6.37. The third-order valence-electron chi connectivity index (χ3n) is 8.96. The Hall–Kier alpha value is -5.02. The van der Waals surface area contributed by atoms with Crippen molar-refractivity contribution in [2.75, 3.05) is 33.9 Å². The van der Waals surface area contributed by atoms with Gasteiger partial charge in [0.1, 0.15) is 11.5 Å². The number of para-hydroxylation sites is 2. The second-order valence-corrected chi connectivity index (χ2v) is 11.8. The molecule has 3 heterocycles. The van der Waals surface area contributed by atoms with E-state index >= 15 is 0 Å². The van der Waals surface area contributed by atoms with Crippen molar-refractivity contribution in [3.8, 4) is 11.5 Å². The molecular formula is C37H41N5O4. The molecule has 2 amide bonds. The van der Waals surface area contributed by atoms with Gasteiger partial charge >= 0.3 is 0 Å². The molecule has 9 heteroatoms. The van der Waals surface area contributed by atoms with Crippen molar-refractivity contribution in [3.63, 3.8) is 0 Å². The Morgan fingerprint density at radius 2 is 1.63 bits per heavy atom. The number of hydrogen-bond donors (Lipinski definition) is 2. The van der Waals surface area contributed by atoms with Crippen molar-refractivity contribution < 1.29 is 19.1 Å². The molecule has 1 aliphatic rings. The Morgan fingerprint density at radius 1 is 0.870 bits per heavy atom. The van der Waals surface area contributed by atoms with E-state index in [9.17, 15) is 9.59 Å². The average molecular weight is 620 g/mol. The average Bonchev–Trinajstić information content (AvgIpc) is 3.68. The summed E-state index contributed by atoms with van der Waals surface area (Å²) >= 11 is 0. The summed E-state index contributed by atoms with van der Waals surface area (Å²) in [5.74, 6) is 1.43. The van der Waals surface area contributed by atoms with Crippen molar-refractivity contribution in [2.24, 2.45) is 0 Å². The monoisotopic (exact) mass is 619 g/mol. The normalized spacial score (nSPS) is 14.2. The Morgan fingerprint density at radius 3 is 2.37 bits per heavy atom. The van der Waals surface area contributed by atoms with Crippen LogP contribution in [0.3, 0.4) is 0 Å². The molecule has 0 aliphatic carbocycles. The van der Waals surface area contributed by atoms with Gasteiger partial charge in [-0.05, 0) is 54.3 Å². The Kier molecular flexibility index (Phi) is 9.12. The Bertz CT molecular complexity index is 1890. The van der Waals surface area contributed by atoms with Crippen LogP contribution in [0.15, 0.2) is 85.2 Å². The second kappa shape index (κ2) is 13.5. The Labute approximate surface area is 269 Å². The first-order chi connectivity index (χ1) is 22.4. The van der Waals surface area contributed by atoms with E-state index in [4.69, 9.17) is 9.47 Å². The maximum atomic E-state index is 13.6. The number of hydrazine groups is 1. The summed E-state index contributed by atoms with van der Waals surface area (Å²) in [6.45, 7) is 5.18. The fourth-order valence-electron chi connectivity index (χ4n) is 6.66. The molecule has 3 aromatic carbocycles. The SMILES string of the molecule is COc1ccc2[nH]cc(C3=CCN(N(C(C)=O)[C@H](Cc4c[nH]c5ccccc45)CN(Cc4ccccc4OC)C(C)=O)CC3)c2c1. The number of rotatable bonds is 11. The summed E-state index contributed by atoms with van der Waals surface area (Å²) in [4.78, 5) is 35.3. The van der Waals surface area contributed by atoms with Crippen molar-refractivity contribution in [1.29, 1.82) is 0 Å². The van der Waals surface area contributed by atoms with Gasteiger partial charge in [-0.25, -0.2) is 5.01 Å². The van der Waals surface area contributed by atoms with Crippen LogP contribution in [0.5, 0.6) is 11.5 Å². The molecule has 0 saturated heterocycles. The van der Waals surface area contributed by atoms with E-state index < -0.39 is 0 Å². The number of fused-ring (bicyclic) bond motifs is 2. The van der Waals surface area contributed by atoms with Crippen molar-refractivity contribution in [3.05, 3.63) is 102 Å². The highest BCUT2D eigenvalue weighted by molar-refractivity contribution is 5.93. The Balaban J connectivity index is 1.32. The van der Waals surface area contributed by atoms with Gasteiger partial charge in [0.2, 0.25) is 11.8 Å². The predicted octanol–water partition coefficient (Wildman–Crippen LogP) is 6.18. The summed E-state index contributed by atoms with van der Waals surface area (Å²) in [6, 6.07) is 21.7. The summed E-state index contributed by atoms with van der Waals surface area (Å²) in [5, 5.41) is 6.24. The number of benzene rings is 3. The van der Waals surface area contributed by atoms with Gasteiger partial charge in [0.15, 0.2) is 0 Å². The van der Waals surface area contributed by atoms with E-state index in [1.807, 2.05) is 64.6 Å². The maximum Gasteiger partial charge on any atom is 0.234 e. The molecule has 1 aliphatic heterocycles. The molecule has 0 unspecified atom stereocenters. The van der Waals surface area contributed by atoms with Crippen LogP contribution in [0.2, 0.25) is 0 Å². The third-order valence-corrected chi connectivity index (χ3v) is 8.96. The molecule has 0 radical (unpaired) electrons. The molecule has 9 nitrogen and oxygen atoms in total. The standard InChI is InChI=1S/C37H41N5O4/c1-25(43)40(23-28-9-5-8-12-37(28)46-4)24-30(19-29-21-38-35-11-7-6-10-32(29)35)42(26(2)44)41-17-15-27(16-18-41)34-22-39-36-14-13-31(45-3)20-33(34)36/h5-15,20-22,30,38-39H,16-19,23-24H2,1-4H3/t30-/m1/s1. The predicted molar refractivity (Wildman–Crippen MR) is 181 cm³/mol. The molecule has 0 spiro atoms. The highest BCUT2D eigenvalue weighted by Gasteiger charge is 2.32. The van der Waals surface area contributed by atoms with Crippen LogP contribution in [-0.4, -0.2) is 76.6 Å². The van der Waals surface area contributed by atoms with Gasteiger partial charge in [-0.2, -0.15) is 0 Å². The van der Waals surface area contributed by atoms with Gasteiger partial charge in [-0.1, -0.05) is 42.5 Å². The minimum atomic E-state index is -0.303. The topological polar surface area (TPSA) is 93.9 Å². The smallest absolute Gasteiger partial charge is 0.234 e. The lowest BCUT2D eigenvalue weighted by atomic mass is 9.99. The first kappa shape index (κ1) is 31.0. The lowest BCUT2D eigenvalue weighted by Crippen LogP contribution is -2.57. The van der Waals surface area contributed by atoms with Crippen LogP contribution in [0.25, 0.3) is 27.4 Å². The second-order valence-electron chi connectivity index (χ2n) is 11.8. The molecule has 46 heavy (non-hydrogen) atoms. The summed E-state index contributed by atoms with van der Waals surface area (Å²) < 4.78 is 11.1. The van der Waals surface area contributed by atoms with Gasteiger partial charge < -0.3 is 24.3 Å². The molecule has 5 aromatic rings. The number of nitrogens with one attached hydrogen (secondary N) is 2. The number of aromatic nitrogens is 2. The number of nitrogens with zero attached hydrogens (tertiary/aromatic N) is 3. The van der Waals surface area contributed by atoms with E-state index in [1.165, 1.54) is 5.57 Å². The molecule has 2 aromatic heterocycles. The number of hydrogen-bond acceptors (Lipinski definition) is 5. The lowest BCUT2D eigenvalue weighted by molar-refractivity contribution is -0.155. The molecular weight excluding hydrogens is 578 g/mol. The fraction of sp³-hybridized carbons (Fsp3) is 0.297. The zero-order valence-corrected chi connectivity index (χ0v) is 26.9. The van der Waals surface area contributed by atoms with E-state index in [-0.39, 0.29) is 17.9 Å². The summed E-state index contributed by atoms with van der Waals surface area (Å²) in [6.07, 6.45) is 7.63. The van der Waals surface area contributed by atoms with Gasteiger partial charge in [-0.15, -0.1) is 0 Å². The minimum Gasteiger partial charge on any atom is -0.497 e. The molecule has 1 atom stereocenters. The van der Waals surface area contributed by atoms with Gasteiger partial charge in [0.25, 0.3) is 0 Å². The molecule has 238 valence electrons. The molecule has 2 N–H and O–H groups in total. The van der Waals surface area contributed by atoms with Crippen LogP contribution in [-0.2, 0) is 22.6 Å². The van der Waals surface area contributed by atoms with E-state index in [0.717, 1.165) is 56.4 Å². The van der Waals surface area contributed by atoms with Crippen LogP contribution >= 0.6 is 0 Å². The van der Waals surface area contributed by atoms with Gasteiger partial charge in [-0.3, -0.25) is 14.6 Å². The molecule has 0 saturated carbocycles. The van der Waals surface area contributed by atoms with E-state index in [1.54, 1.807) is 28.1 Å². The first-order valence-electron chi connectivity index (χ1n) is 15.7. The van der Waals surface area contributed by atoms with Crippen LogP contribution in [0.1, 0.15) is 37.0 Å². The fourth-order valence-corrected chi connectivity index (χ4v) is 6.66. The number of aromatic amines is 2. The first-order valence-corrected chi connectivity index (χ1v) is 15.7. The molecule has 0 bridgehead atoms.